The second-order valence-electron chi connectivity index (χ2n) is 3.87. The van der Waals surface area contributed by atoms with E-state index in [9.17, 15) is 13.6 Å². The zero-order valence-corrected chi connectivity index (χ0v) is 10.6. The van der Waals surface area contributed by atoms with Crippen LogP contribution in [0, 0.1) is 0 Å². The number of carbonyl (C=O) groups excluding carboxylic acids is 1. The summed E-state index contributed by atoms with van der Waals surface area (Å²) >= 11 is 10.6. The molecule has 0 radical (unpaired) electrons. The molecule has 0 bridgehead atoms. The summed E-state index contributed by atoms with van der Waals surface area (Å²) in [6.07, 6.45) is 2.55. The first-order chi connectivity index (χ1) is 8.33. The average molecular weight is 289 g/mol. The predicted octanol–water partition coefficient (Wildman–Crippen LogP) is 4.17. The molecular formula is C13H8Cl2F2O. The van der Waals surface area contributed by atoms with Crippen LogP contribution in [-0.2, 0) is 0 Å². The van der Waals surface area contributed by atoms with Crippen LogP contribution in [-0.4, -0.2) is 16.0 Å². The van der Waals surface area contributed by atoms with Gasteiger partial charge in [0, 0.05) is 11.1 Å². The maximum Gasteiger partial charge on any atom is 0.254 e. The Morgan fingerprint density at radius 1 is 1.06 bits per heavy atom. The van der Waals surface area contributed by atoms with Gasteiger partial charge in [0.05, 0.1) is 0 Å². The third kappa shape index (κ3) is 2.33. The van der Waals surface area contributed by atoms with Crippen LogP contribution in [0.3, 0.4) is 0 Å². The Morgan fingerprint density at radius 2 is 1.67 bits per heavy atom. The second kappa shape index (κ2) is 4.48. The number of hydrogen-bond donors (Lipinski definition) is 0. The first kappa shape index (κ1) is 13.2. The molecule has 0 saturated heterocycles. The summed E-state index contributed by atoms with van der Waals surface area (Å²) in [5.41, 5.74) is 0.328. The van der Waals surface area contributed by atoms with Gasteiger partial charge < -0.3 is 0 Å². The Hall–Kier alpha value is -1.19. The number of carbonyl (C=O) groups is 1. The van der Waals surface area contributed by atoms with Crippen LogP contribution in [0.1, 0.15) is 10.4 Å². The minimum Gasteiger partial charge on any atom is -0.289 e. The molecule has 1 aliphatic rings. The Labute approximate surface area is 113 Å². The maximum atomic E-state index is 13.8. The molecule has 18 heavy (non-hydrogen) atoms. The van der Waals surface area contributed by atoms with Gasteiger partial charge in [-0.1, -0.05) is 59.6 Å². The van der Waals surface area contributed by atoms with E-state index < -0.39 is 16.0 Å². The van der Waals surface area contributed by atoms with Gasteiger partial charge in [-0.15, -0.1) is 0 Å². The molecule has 94 valence electrons. The van der Waals surface area contributed by atoms with Crippen LogP contribution in [0.4, 0.5) is 8.78 Å². The number of rotatable bonds is 2. The summed E-state index contributed by atoms with van der Waals surface area (Å²) in [6, 6.07) is 8.23. The van der Waals surface area contributed by atoms with Crippen molar-refractivity contribution in [2.75, 3.05) is 0 Å². The molecule has 0 amide bonds. The summed E-state index contributed by atoms with van der Waals surface area (Å²) in [6.45, 7) is 0. The molecule has 1 aliphatic carbocycles. The van der Waals surface area contributed by atoms with E-state index in [0.717, 1.165) is 12.2 Å². The van der Waals surface area contributed by atoms with Crippen LogP contribution < -0.4 is 0 Å². The van der Waals surface area contributed by atoms with E-state index in [4.69, 9.17) is 23.2 Å². The monoisotopic (exact) mass is 288 g/mol. The molecule has 0 aromatic heterocycles. The van der Waals surface area contributed by atoms with Crippen molar-refractivity contribution in [3.63, 3.8) is 0 Å². The predicted molar refractivity (Wildman–Crippen MR) is 67.4 cm³/mol. The molecule has 1 aromatic rings. The lowest BCUT2D eigenvalue weighted by Crippen LogP contribution is -2.37. The minimum atomic E-state index is -2.94. The fraction of sp³-hybridized carbons (Fsp3) is 0.154. The average Bonchev–Trinajstić information content (AvgIpc) is 2.33. The first-order valence-electron chi connectivity index (χ1n) is 5.11. The number of benzene rings is 1. The van der Waals surface area contributed by atoms with Crippen molar-refractivity contribution in [1.29, 1.82) is 0 Å². The van der Waals surface area contributed by atoms with Crippen molar-refractivity contribution in [1.82, 2.24) is 0 Å². The second-order valence-corrected chi connectivity index (χ2v) is 4.97. The molecule has 0 aliphatic heterocycles. The Bertz CT molecular complexity index is 533. The largest absolute Gasteiger partial charge is 0.289 e. The molecule has 2 atom stereocenters. The smallest absolute Gasteiger partial charge is 0.254 e. The van der Waals surface area contributed by atoms with E-state index in [1.165, 1.54) is 0 Å². The summed E-state index contributed by atoms with van der Waals surface area (Å²) in [5.74, 6) is -0.443. The fourth-order valence-electron chi connectivity index (χ4n) is 1.54. The molecule has 0 fully saturated rings. The zero-order chi connectivity index (χ0) is 13.4. The molecule has 1 aromatic carbocycles. The SMILES string of the molecule is O=C(C1=CC(F)(Cl)C(F)(Cl)C=C1)c1ccccc1. The van der Waals surface area contributed by atoms with Crippen molar-refractivity contribution >= 4 is 29.0 Å². The first-order valence-corrected chi connectivity index (χ1v) is 5.86. The van der Waals surface area contributed by atoms with Crippen LogP contribution in [0.15, 0.2) is 54.1 Å². The number of halogens is 4. The van der Waals surface area contributed by atoms with Gasteiger partial charge in [0.15, 0.2) is 5.78 Å². The van der Waals surface area contributed by atoms with Crippen LogP contribution in [0.5, 0.6) is 0 Å². The third-order valence-corrected chi connectivity index (χ3v) is 3.43. The van der Waals surface area contributed by atoms with E-state index in [2.05, 4.69) is 0 Å². The summed E-state index contributed by atoms with van der Waals surface area (Å²) < 4.78 is 27.3. The molecule has 0 heterocycles. The van der Waals surface area contributed by atoms with Crippen LogP contribution in [0.25, 0.3) is 0 Å². The highest BCUT2D eigenvalue weighted by Crippen LogP contribution is 2.44. The van der Waals surface area contributed by atoms with Crippen molar-refractivity contribution in [3.8, 4) is 0 Å². The zero-order valence-electron chi connectivity index (χ0n) is 9.04. The van der Waals surface area contributed by atoms with Gasteiger partial charge in [-0.2, -0.15) is 0 Å². The van der Waals surface area contributed by atoms with Gasteiger partial charge in [-0.05, 0) is 12.2 Å². The quantitative estimate of drug-likeness (QED) is 0.589. The van der Waals surface area contributed by atoms with Crippen molar-refractivity contribution in [3.05, 3.63) is 59.7 Å². The number of alkyl halides is 4. The summed E-state index contributed by atoms with van der Waals surface area (Å²) in [5, 5.41) is -5.79. The molecule has 0 spiro atoms. The third-order valence-electron chi connectivity index (χ3n) is 2.55. The molecule has 0 N–H and O–H groups in total. The molecule has 1 nitrogen and oxygen atoms in total. The molecule has 5 heteroatoms. The van der Waals surface area contributed by atoms with E-state index in [0.29, 0.717) is 11.6 Å². The minimum absolute atomic E-state index is 0.0346. The lowest BCUT2D eigenvalue weighted by Gasteiger charge is -2.27. The standard InChI is InChI=1S/C13H8Cl2F2O/c14-12(16)7-6-10(8-13(12,15)17)11(18)9-4-2-1-3-5-9/h1-8H. The van der Waals surface area contributed by atoms with Crippen molar-refractivity contribution < 1.29 is 13.6 Å². The highest BCUT2D eigenvalue weighted by molar-refractivity contribution is 6.35. The molecular weight excluding hydrogens is 281 g/mol. The normalized spacial score (nSPS) is 31.0. The van der Waals surface area contributed by atoms with Gasteiger partial charge >= 0.3 is 0 Å². The number of Topliss-reactive ketones (excluding diaryl/α,β-unsaturated/α-hetero) is 1. The summed E-state index contributed by atoms with van der Waals surface area (Å²) in [4.78, 5) is 12.0. The maximum absolute atomic E-state index is 13.8. The van der Waals surface area contributed by atoms with Gasteiger partial charge in [-0.25, -0.2) is 8.78 Å². The number of allylic oxidation sites excluding steroid dienone is 4. The van der Waals surface area contributed by atoms with E-state index in [-0.39, 0.29) is 5.57 Å². The highest BCUT2D eigenvalue weighted by Gasteiger charge is 2.50. The molecule has 2 rings (SSSR count). The molecule has 2 unspecified atom stereocenters. The van der Waals surface area contributed by atoms with E-state index in [1.807, 2.05) is 0 Å². The van der Waals surface area contributed by atoms with Gasteiger partial charge in [-0.3, -0.25) is 4.79 Å². The van der Waals surface area contributed by atoms with Crippen molar-refractivity contribution in [2.24, 2.45) is 0 Å². The Balaban J connectivity index is 2.35. The number of hydrogen-bond acceptors (Lipinski definition) is 1. The topological polar surface area (TPSA) is 17.1 Å². The Kier molecular flexibility index (Phi) is 3.30. The van der Waals surface area contributed by atoms with Crippen LogP contribution >= 0.6 is 23.2 Å². The Morgan fingerprint density at radius 3 is 2.22 bits per heavy atom. The summed E-state index contributed by atoms with van der Waals surface area (Å²) in [7, 11) is 0. The van der Waals surface area contributed by atoms with Gasteiger partial charge in [0.1, 0.15) is 0 Å². The van der Waals surface area contributed by atoms with Crippen molar-refractivity contribution in [2.45, 2.75) is 10.3 Å². The molecule has 0 saturated carbocycles. The van der Waals surface area contributed by atoms with Gasteiger partial charge in [0.2, 0.25) is 0 Å². The van der Waals surface area contributed by atoms with E-state index >= 15 is 0 Å². The lowest BCUT2D eigenvalue weighted by molar-refractivity contribution is 0.103. The van der Waals surface area contributed by atoms with Crippen LogP contribution in [0.2, 0.25) is 0 Å². The van der Waals surface area contributed by atoms with E-state index in [1.54, 1.807) is 30.3 Å². The lowest BCUT2D eigenvalue weighted by atomic mass is 9.96. The highest BCUT2D eigenvalue weighted by atomic mass is 35.5. The fourth-order valence-corrected chi connectivity index (χ4v) is 1.84. The van der Waals surface area contributed by atoms with Gasteiger partial charge in [0.25, 0.3) is 10.3 Å². The number of ketones is 1.